The molecule has 0 aliphatic heterocycles. The number of aromatic carboxylic acids is 1. The predicted octanol–water partition coefficient (Wildman–Crippen LogP) is 2.37. The van der Waals surface area contributed by atoms with Crippen LogP contribution in [0.1, 0.15) is 20.7 Å². The molecule has 0 unspecified atom stereocenters. The number of carboxylic acid groups (broad SMARTS) is 1. The highest BCUT2D eigenvalue weighted by molar-refractivity contribution is 5.91. The molecule has 0 fully saturated rings. The molecule has 20 heavy (non-hydrogen) atoms. The molecule has 0 saturated heterocycles. The van der Waals surface area contributed by atoms with Crippen LogP contribution in [0.3, 0.4) is 0 Å². The van der Waals surface area contributed by atoms with Crippen molar-refractivity contribution in [2.45, 2.75) is 0 Å². The molecule has 0 radical (unpaired) electrons. The molecule has 6 heteroatoms. The largest absolute Gasteiger partial charge is 0.478 e. The minimum Gasteiger partial charge on any atom is -0.478 e. The van der Waals surface area contributed by atoms with Crippen molar-refractivity contribution in [2.75, 3.05) is 7.11 Å². The number of halogens is 1. The predicted molar refractivity (Wildman–Crippen MR) is 67.9 cm³/mol. The molecule has 0 atom stereocenters. The summed E-state index contributed by atoms with van der Waals surface area (Å²) in [6, 6.07) is 6.23. The normalized spacial score (nSPS) is 10.1. The number of aromatic nitrogens is 1. The quantitative estimate of drug-likeness (QED) is 0.870. The van der Waals surface area contributed by atoms with Crippen LogP contribution in [0.25, 0.3) is 11.3 Å². The van der Waals surface area contributed by atoms with Crippen molar-refractivity contribution in [1.29, 1.82) is 0 Å². The van der Waals surface area contributed by atoms with Crippen molar-refractivity contribution in [2.24, 2.45) is 0 Å². The van der Waals surface area contributed by atoms with E-state index in [0.717, 1.165) is 6.07 Å². The van der Waals surface area contributed by atoms with Gasteiger partial charge in [0.1, 0.15) is 5.82 Å². The van der Waals surface area contributed by atoms with Crippen LogP contribution in [-0.2, 0) is 4.74 Å². The standard InChI is InChI=1S/C14H10FNO4/c1-20-14(19)10-4-9(5-11(15)6-10)12-7-8(13(17)18)2-3-16-12/h2-7H,1H3,(H,17,18). The van der Waals surface area contributed by atoms with Crippen LogP contribution in [0.4, 0.5) is 4.39 Å². The number of pyridine rings is 1. The molecule has 102 valence electrons. The van der Waals surface area contributed by atoms with Gasteiger partial charge in [0.15, 0.2) is 0 Å². The molecule has 2 aromatic rings. The van der Waals surface area contributed by atoms with Gasteiger partial charge in [-0.2, -0.15) is 0 Å². The summed E-state index contributed by atoms with van der Waals surface area (Å²) in [4.78, 5) is 26.3. The molecule has 0 spiro atoms. The van der Waals surface area contributed by atoms with Crippen LogP contribution < -0.4 is 0 Å². The van der Waals surface area contributed by atoms with Gasteiger partial charge in [-0.15, -0.1) is 0 Å². The van der Waals surface area contributed by atoms with Crippen LogP contribution in [0.2, 0.25) is 0 Å². The Morgan fingerprint density at radius 2 is 1.95 bits per heavy atom. The third-order valence-corrected chi connectivity index (χ3v) is 2.62. The van der Waals surface area contributed by atoms with Gasteiger partial charge in [-0.05, 0) is 30.3 Å². The molecule has 0 bridgehead atoms. The van der Waals surface area contributed by atoms with Gasteiger partial charge in [-0.25, -0.2) is 14.0 Å². The van der Waals surface area contributed by atoms with E-state index in [1.807, 2.05) is 0 Å². The van der Waals surface area contributed by atoms with E-state index in [1.165, 1.54) is 37.6 Å². The van der Waals surface area contributed by atoms with E-state index < -0.39 is 17.8 Å². The molecular formula is C14H10FNO4. The van der Waals surface area contributed by atoms with Gasteiger partial charge < -0.3 is 9.84 Å². The number of hydrogen-bond donors (Lipinski definition) is 1. The van der Waals surface area contributed by atoms with Gasteiger partial charge in [0, 0.05) is 11.8 Å². The molecule has 0 amide bonds. The third-order valence-electron chi connectivity index (χ3n) is 2.62. The van der Waals surface area contributed by atoms with Crippen LogP contribution >= 0.6 is 0 Å². The molecule has 0 aliphatic rings. The van der Waals surface area contributed by atoms with Crippen molar-refractivity contribution in [3.63, 3.8) is 0 Å². The van der Waals surface area contributed by atoms with Gasteiger partial charge in [-0.1, -0.05) is 0 Å². The fourth-order valence-corrected chi connectivity index (χ4v) is 1.69. The van der Waals surface area contributed by atoms with Gasteiger partial charge in [0.05, 0.1) is 23.9 Å². The lowest BCUT2D eigenvalue weighted by atomic mass is 10.1. The number of ether oxygens (including phenoxy) is 1. The second-order valence-electron chi connectivity index (χ2n) is 3.96. The Hall–Kier alpha value is -2.76. The number of nitrogens with zero attached hydrogens (tertiary/aromatic N) is 1. The lowest BCUT2D eigenvalue weighted by Crippen LogP contribution is -2.03. The Balaban J connectivity index is 2.52. The van der Waals surface area contributed by atoms with Gasteiger partial charge in [-0.3, -0.25) is 4.98 Å². The summed E-state index contributed by atoms with van der Waals surface area (Å²) >= 11 is 0. The molecule has 1 aromatic heterocycles. The first kappa shape index (κ1) is 13.7. The summed E-state index contributed by atoms with van der Waals surface area (Å²) < 4.78 is 18.0. The number of carbonyl (C=O) groups excluding carboxylic acids is 1. The van der Waals surface area contributed by atoms with E-state index in [-0.39, 0.29) is 16.8 Å². The van der Waals surface area contributed by atoms with Gasteiger partial charge in [0.2, 0.25) is 0 Å². The highest BCUT2D eigenvalue weighted by atomic mass is 19.1. The zero-order valence-electron chi connectivity index (χ0n) is 10.5. The number of carboxylic acids is 1. The van der Waals surface area contributed by atoms with Crippen LogP contribution in [0.5, 0.6) is 0 Å². The zero-order valence-corrected chi connectivity index (χ0v) is 10.5. The highest BCUT2D eigenvalue weighted by Crippen LogP contribution is 2.21. The van der Waals surface area contributed by atoms with E-state index in [9.17, 15) is 14.0 Å². The topological polar surface area (TPSA) is 76.5 Å². The monoisotopic (exact) mass is 275 g/mol. The summed E-state index contributed by atoms with van der Waals surface area (Å²) in [7, 11) is 1.19. The van der Waals surface area contributed by atoms with Gasteiger partial charge >= 0.3 is 11.9 Å². The lowest BCUT2D eigenvalue weighted by molar-refractivity contribution is 0.0599. The van der Waals surface area contributed by atoms with E-state index in [0.29, 0.717) is 5.56 Å². The summed E-state index contributed by atoms with van der Waals surface area (Å²) in [6.07, 6.45) is 1.31. The first-order chi connectivity index (χ1) is 9.51. The Labute approximate surface area is 113 Å². The number of hydrogen-bond acceptors (Lipinski definition) is 4. The Morgan fingerprint density at radius 3 is 2.60 bits per heavy atom. The van der Waals surface area contributed by atoms with E-state index in [4.69, 9.17) is 5.11 Å². The summed E-state index contributed by atoms with van der Waals surface area (Å²) in [5, 5.41) is 8.92. The van der Waals surface area contributed by atoms with Crippen molar-refractivity contribution in [1.82, 2.24) is 4.98 Å². The zero-order chi connectivity index (χ0) is 14.7. The Kier molecular flexibility index (Phi) is 3.74. The first-order valence-corrected chi connectivity index (χ1v) is 5.60. The molecule has 0 aliphatic carbocycles. The average molecular weight is 275 g/mol. The third kappa shape index (κ3) is 2.80. The average Bonchev–Trinajstić information content (AvgIpc) is 2.45. The fourth-order valence-electron chi connectivity index (χ4n) is 1.69. The second-order valence-corrected chi connectivity index (χ2v) is 3.96. The van der Waals surface area contributed by atoms with E-state index >= 15 is 0 Å². The molecular weight excluding hydrogens is 265 g/mol. The van der Waals surface area contributed by atoms with E-state index in [2.05, 4.69) is 9.72 Å². The van der Waals surface area contributed by atoms with Gasteiger partial charge in [0.25, 0.3) is 0 Å². The molecule has 1 N–H and O–H groups in total. The van der Waals surface area contributed by atoms with Crippen molar-refractivity contribution < 1.29 is 23.8 Å². The summed E-state index contributed by atoms with van der Waals surface area (Å²) in [5.74, 6) is -2.43. The minimum atomic E-state index is -1.11. The second kappa shape index (κ2) is 5.48. The molecule has 1 heterocycles. The lowest BCUT2D eigenvalue weighted by Gasteiger charge is -2.05. The summed E-state index contributed by atoms with van der Waals surface area (Å²) in [5.41, 5.74) is 0.618. The molecule has 5 nitrogen and oxygen atoms in total. The van der Waals surface area contributed by atoms with Crippen molar-refractivity contribution in [3.05, 3.63) is 53.5 Å². The fraction of sp³-hybridized carbons (Fsp3) is 0.0714. The minimum absolute atomic E-state index is 0.0267. The Bertz CT molecular complexity index is 685. The Morgan fingerprint density at radius 1 is 1.20 bits per heavy atom. The highest BCUT2D eigenvalue weighted by Gasteiger charge is 2.12. The number of methoxy groups -OCH3 is 1. The molecule has 0 saturated carbocycles. The summed E-state index contributed by atoms with van der Waals surface area (Å²) in [6.45, 7) is 0. The van der Waals surface area contributed by atoms with Crippen molar-refractivity contribution >= 4 is 11.9 Å². The SMILES string of the molecule is COC(=O)c1cc(F)cc(-c2cc(C(=O)O)ccn2)c1. The first-order valence-electron chi connectivity index (χ1n) is 5.60. The number of esters is 1. The maximum Gasteiger partial charge on any atom is 0.337 e. The van der Waals surface area contributed by atoms with Crippen LogP contribution in [0.15, 0.2) is 36.5 Å². The van der Waals surface area contributed by atoms with Crippen molar-refractivity contribution in [3.8, 4) is 11.3 Å². The van der Waals surface area contributed by atoms with Crippen LogP contribution in [-0.4, -0.2) is 29.1 Å². The molecule has 2 rings (SSSR count). The molecule has 1 aromatic carbocycles. The number of benzene rings is 1. The number of carbonyl (C=O) groups is 2. The maximum absolute atomic E-state index is 13.5. The maximum atomic E-state index is 13.5. The van der Waals surface area contributed by atoms with Crippen LogP contribution in [0, 0.1) is 5.82 Å². The smallest absolute Gasteiger partial charge is 0.337 e. The number of rotatable bonds is 3. The van der Waals surface area contributed by atoms with E-state index in [1.54, 1.807) is 0 Å².